The minimum atomic E-state index is -0.327. The molecule has 1 aromatic heterocycles. The monoisotopic (exact) mass is 228 g/mol. The molecule has 0 unspecified atom stereocenters. The lowest BCUT2D eigenvalue weighted by molar-refractivity contribution is -0.125. The van der Waals surface area contributed by atoms with E-state index in [1.54, 1.807) is 0 Å². The molecule has 0 N–H and O–H groups in total. The van der Waals surface area contributed by atoms with Crippen molar-refractivity contribution in [3.05, 3.63) is 36.3 Å². The fourth-order valence-corrected chi connectivity index (χ4v) is 1.62. The predicted octanol–water partition coefficient (Wildman–Crippen LogP) is 2.79. The van der Waals surface area contributed by atoms with Gasteiger partial charge in [-0.25, -0.2) is 9.97 Å². The Bertz CT molecular complexity index is 550. The predicted molar refractivity (Wildman–Crippen MR) is 67.7 cm³/mol. The second-order valence-corrected chi connectivity index (χ2v) is 5.19. The first kappa shape index (κ1) is 11.7. The molecule has 17 heavy (non-hydrogen) atoms. The quantitative estimate of drug-likeness (QED) is 0.793. The van der Waals surface area contributed by atoms with E-state index in [2.05, 4.69) is 9.97 Å². The van der Waals surface area contributed by atoms with Crippen LogP contribution < -0.4 is 0 Å². The Balaban J connectivity index is 2.40. The van der Waals surface area contributed by atoms with Crippen molar-refractivity contribution in [1.29, 1.82) is 0 Å². The summed E-state index contributed by atoms with van der Waals surface area (Å²) >= 11 is 0. The summed E-state index contributed by atoms with van der Waals surface area (Å²) in [5, 5.41) is 0.965. The summed E-state index contributed by atoms with van der Waals surface area (Å²) in [4.78, 5) is 20.4. The zero-order valence-electron chi connectivity index (χ0n) is 10.4. The van der Waals surface area contributed by atoms with Crippen molar-refractivity contribution in [2.45, 2.75) is 27.2 Å². The van der Waals surface area contributed by atoms with Crippen LogP contribution in [0.5, 0.6) is 0 Å². The van der Waals surface area contributed by atoms with Gasteiger partial charge in [-0.05, 0) is 6.07 Å². The lowest BCUT2D eigenvalue weighted by Crippen LogP contribution is -2.22. The molecule has 0 fully saturated rings. The van der Waals surface area contributed by atoms with Crippen LogP contribution >= 0.6 is 0 Å². The van der Waals surface area contributed by atoms with Crippen molar-refractivity contribution in [2.24, 2.45) is 5.41 Å². The largest absolute Gasteiger partial charge is 0.299 e. The molecule has 0 aliphatic carbocycles. The SMILES string of the molecule is CC(C)(C)C(=O)Cc1ncnc2ccccc12. The van der Waals surface area contributed by atoms with Crippen molar-refractivity contribution in [3.8, 4) is 0 Å². The van der Waals surface area contributed by atoms with Crippen molar-refractivity contribution in [2.75, 3.05) is 0 Å². The van der Waals surface area contributed by atoms with Gasteiger partial charge in [-0.3, -0.25) is 4.79 Å². The number of carbonyl (C=O) groups is 1. The van der Waals surface area contributed by atoms with Crippen molar-refractivity contribution in [1.82, 2.24) is 9.97 Å². The number of hydrogen-bond acceptors (Lipinski definition) is 3. The molecule has 1 aromatic carbocycles. The molecule has 0 saturated heterocycles. The Labute approximate surface area is 101 Å². The van der Waals surface area contributed by atoms with Crippen LogP contribution in [0.15, 0.2) is 30.6 Å². The molecule has 88 valence electrons. The summed E-state index contributed by atoms with van der Waals surface area (Å²) < 4.78 is 0. The van der Waals surface area contributed by atoms with Gasteiger partial charge in [0.2, 0.25) is 0 Å². The maximum atomic E-state index is 12.0. The van der Waals surface area contributed by atoms with Gasteiger partial charge in [0.1, 0.15) is 12.1 Å². The second-order valence-electron chi connectivity index (χ2n) is 5.19. The van der Waals surface area contributed by atoms with E-state index in [1.807, 2.05) is 45.0 Å². The number of fused-ring (bicyclic) bond motifs is 1. The van der Waals surface area contributed by atoms with E-state index in [-0.39, 0.29) is 11.2 Å². The Hall–Kier alpha value is -1.77. The summed E-state index contributed by atoms with van der Waals surface area (Å²) in [7, 11) is 0. The van der Waals surface area contributed by atoms with E-state index in [4.69, 9.17) is 0 Å². The number of carbonyl (C=O) groups excluding carboxylic acids is 1. The highest BCUT2D eigenvalue weighted by atomic mass is 16.1. The van der Waals surface area contributed by atoms with Crippen LogP contribution in [-0.2, 0) is 11.2 Å². The number of rotatable bonds is 2. The van der Waals surface area contributed by atoms with Crippen molar-refractivity contribution in [3.63, 3.8) is 0 Å². The lowest BCUT2D eigenvalue weighted by atomic mass is 9.88. The number of nitrogens with zero attached hydrogens (tertiary/aromatic N) is 2. The summed E-state index contributed by atoms with van der Waals surface area (Å²) in [6.07, 6.45) is 1.89. The summed E-state index contributed by atoms with van der Waals surface area (Å²) in [5.74, 6) is 0.196. The molecule has 0 radical (unpaired) electrons. The first-order valence-corrected chi connectivity index (χ1v) is 5.70. The van der Waals surface area contributed by atoms with Crippen LogP contribution in [0.3, 0.4) is 0 Å². The highest BCUT2D eigenvalue weighted by molar-refractivity contribution is 5.90. The third-order valence-electron chi connectivity index (χ3n) is 2.79. The van der Waals surface area contributed by atoms with Crippen LogP contribution in [0.2, 0.25) is 0 Å². The Morgan fingerprint density at radius 3 is 2.59 bits per heavy atom. The molecule has 0 aliphatic heterocycles. The number of para-hydroxylation sites is 1. The maximum Gasteiger partial charge on any atom is 0.144 e. The molecule has 0 spiro atoms. The van der Waals surface area contributed by atoms with Gasteiger partial charge < -0.3 is 0 Å². The maximum absolute atomic E-state index is 12.0. The van der Waals surface area contributed by atoms with Crippen LogP contribution in [0.1, 0.15) is 26.5 Å². The van der Waals surface area contributed by atoms with E-state index < -0.39 is 0 Å². The molecule has 2 rings (SSSR count). The molecule has 0 atom stereocenters. The molecule has 3 heteroatoms. The third kappa shape index (κ3) is 2.49. The van der Waals surface area contributed by atoms with Gasteiger partial charge in [-0.15, -0.1) is 0 Å². The smallest absolute Gasteiger partial charge is 0.144 e. The molecule has 0 saturated carbocycles. The molecule has 1 heterocycles. The van der Waals surface area contributed by atoms with Crippen LogP contribution in [0.25, 0.3) is 10.9 Å². The highest BCUT2D eigenvalue weighted by Gasteiger charge is 2.22. The third-order valence-corrected chi connectivity index (χ3v) is 2.79. The normalized spacial score (nSPS) is 11.7. The van der Waals surface area contributed by atoms with E-state index in [1.165, 1.54) is 6.33 Å². The fraction of sp³-hybridized carbons (Fsp3) is 0.357. The van der Waals surface area contributed by atoms with Gasteiger partial charge in [0.25, 0.3) is 0 Å². The molecule has 0 bridgehead atoms. The van der Waals surface area contributed by atoms with E-state index in [0.717, 1.165) is 16.6 Å². The lowest BCUT2D eigenvalue weighted by Gasteiger charge is -2.16. The minimum absolute atomic E-state index is 0.196. The Morgan fingerprint density at radius 1 is 1.18 bits per heavy atom. The van der Waals surface area contributed by atoms with E-state index >= 15 is 0 Å². The van der Waals surface area contributed by atoms with Crippen LogP contribution in [0.4, 0.5) is 0 Å². The van der Waals surface area contributed by atoms with Gasteiger partial charge in [0.05, 0.1) is 11.2 Å². The zero-order valence-corrected chi connectivity index (χ0v) is 10.4. The minimum Gasteiger partial charge on any atom is -0.299 e. The first-order chi connectivity index (χ1) is 7.98. The van der Waals surface area contributed by atoms with Crippen LogP contribution in [-0.4, -0.2) is 15.8 Å². The average Bonchev–Trinajstić information content (AvgIpc) is 2.28. The Morgan fingerprint density at radius 2 is 1.88 bits per heavy atom. The standard InChI is InChI=1S/C14H16N2O/c1-14(2,3)13(17)8-12-10-6-4-5-7-11(10)15-9-16-12/h4-7,9H,8H2,1-3H3. The van der Waals surface area contributed by atoms with Gasteiger partial charge in [-0.1, -0.05) is 39.0 Å². The van der Waals surface area contributed by atoms with Gasteiger partial charge >= 0.3 is 0 Å². The van der Waals surface area contributed by atoms with E-state index in [9.17, 15) is 4.79 Å². The highest BCUT2D eigenvalue weighted by Crippen LogP contribution is 2.20. The number of ketones is 1. The molecule has 2 aromatic rings. The fourth-order valence-electron chi connectivity index (χ4n) is 1.62. The molecular weight excluding hydrogens is 212 g/mol. The van der Waals surface area contributed by atoms with Crippen molar-refractivity contribution >= 4 is 16.7 Å². The first-order valence-electron chi connectivity index (χ1n) is 5.70. The van der Waals surface area contributed by atoms with Crippen molar-refractivity contribution < 1.29 is 4.79 Å². The average molecular weight is 228 g/mol. The molecular formula is C14H16N2O. The number of benzene rings is 1. The molecule has 3 nitrogen and oxygen atoms in total. The topological polar surface area (TPSA) is 42.9 Å². The molecule has 0 aliphatic rings. The van der Waals surface area contributed by atoms with Gasteiger partial charge in [0, 0.05) is 17.2 Å². The number of aromatic nitrogens is 2. The Kier molecular flexibility index (Phi) is 2.92. The summed E-state index contributed by atoms with van der Waals surface area (Å²) in [6, 6.07) is 7.77. The second kappa shape index (κ2) is 4.24. The number of Topliss-reactive ketones (excluding diaryl/α,β-unsaturated/α-hetero) is 1. The number of hydrogen-bond donors (Lipinski definition) is 0. The summed E-state index contributed by atoms with van der Waals surface area (Å²) in [5.41, 5.74) is 1.38. The molecule has 0 amide bonds. The van der Waals surface area contributed by atoms with Crippen LogP contribution in [0, 0.1) is 5.41 Å². The zero-order chi connectivity index (χ0) is 12.5. The van der Waals surface area contributed by atoms with Gasteiger partial charge in [0.15, 0.2) is 0 Å². The summed E-state index contributed by atoms with van der Waals surface area (Å²) in [6.45, 7) is 5.79. The van der Waals surface area contributed by atoms with Gasteiger partial charge in [-0.2, -0.15) is 0 Å². The van der Waals surface area contributed by atoms with E-state index in [0.29, 0.717) is 6.42 Å².